The molecule has 2 fully saturated rings. The van der Waals surface area contributed by atoms with Crippen molar-refractivity contribution in [3.8, 4) is 0 Å². The Bertz CT molecular complexity index is 334. The molecule has 3 rings (SSSR count). The topological polar surface area (TPSA) is 6.48 Å². The van der Waals surface area contributed by atoms with Gasteiger partial charge in [0.1, 0.15) is 0 Å². The highest BCUT2D eigenvalue weighted by atomic mass is 15.3. The van der Waals surface area contributed by atoms with Gasteiger partial charge in [0, 0.05) is 24.8 Å². The summed E-state index contributed by atoms with van der Waals surface area (Å²) in [5.74, 6) is 0. The quantitative estimate of drug-likeness (QED) is 0.722. The Kier molecular flexibility index (Phi) is 2.17. The average molecular weight is 202 g/mol. The molecule has 2 aliphatic heterocycles. The van der Waals surface area contributed by atoms with E-state index in [4.69, 9.17) is 0 Å². The predicted octanol–water partition coefficient (Wildman–Crippen LogP) is 1.89. The van der Waals surface area contributed by atoms with E-state index in [1.54, 1.807) is 0 Å². The third kappa shape index (κ3) is 1.63. The number of likely N-dealkylation sites (tertiary alicyclic amines) is 1. The van der Waals surface area contributed by atoms with Crippen molar-refractivity contribution in [3.05, 3.63) is 29.8 Å². The first-order valence-electron chi connectivity index (χ1n) is 5.88. The molecule has 2 heteroatoms. The second-order valence-electron chi connectivity index (χ2n) is 4.78. The first-order chi connectivity index (χ1) is 7.33. The van der Waals surface area contributed by atoms with Crippen molar-refractivity contribution >= 4 is 5.69 Å². The molecule has 0 saturated carbocycles. The van der Waals surface area contributed by atoms with Crippen LogP contribution in [-0.4, -0.2) is 37.1 Å². The molecule has 0 N–H and O–H groups in total. The maximum absolute atomic E-state index is 2.60. The molecule has 2 aliphatic rings. The molecule has 0 radical (unpaired) electrons. The summed E-state index contributed by atoms with van der Waals surface area (Å²) in [5.41, 5.74) is 2.73. The van der Waals surface area contributed by atoms with E-state index >= 15 is 0 Å². The van der Waals surface area contributed by atoms with Gasteiger partial charge in [-0.1, -0.05) is 17.7 Å². The fourth-order valence-electron chi connectivity index (χ4n) is 2.36. The fraction of sp³-hybridized carbons (Fsp3) is 0.538. The summed E-state index contributed by atoms with van der Waals surface area (Å²) < 4.78 is 0. The van der Waals surface area contributed by atoms with E-state index in [0.717, 1.165) is 6.04 Å². The molecule has 1 aromatic carbocycles. The zero-order valence-electron chi connectivity index (χ0n) is 9.32. The van der Waals surface area contributed by atoms with Crippen LogP contribution in [0.25, 0.3) is 0 Å². The zero-order valence-corrected chi connectivity index (χ0v) is 9.32. The van der Waals surface area contributed by atoms with Gasteiger partial charge in [-0.2, -0.15) is 0 Å². The Labute approximate surface area is 91.5 Å². The van der Waals surface area contributed by atoms with Crippen LogP contribution < -0.4 is 4.90 Å². The summed E-state index contributed by atoms with van der Waals surface area (Å²) in [6, 6.07) is 9.71. The van der Waals surface area contributed by atoms with Crippen molar-refractivity contribution in [2.24, 2.45) is 0 Å². The van der Waals surface area contributed by atoms with Crippen molar-refractivity contribution in [1.29, 1.82) is 0 Å². The Hall–Kier alpha value is -1.02. The van der Waals surface area contributed by atoms with Gasteiger partial charge in [-0.3, -0.25) is 4.90 Å². The van der Waals surface area contributed by atoms with E-state index in [9.17, 15) is 0 Å². The minimum atomic E-state index is 0.833. The molecule has 2 heterocycles. The molecule has 15 heavy (non-hydrogen) atoms. The molecule has 2 saturated heterocycles. The smallest absolute Gasteiger partial charge is 0.0446 e. The standard InChI is InChI=1S/C13H18N2/c1-11-3-5-12(6-4-11)15-9-13(10-15)14-7-2-8-14/h3-6,13H,2,7-10H2,1H3. The zero-order chi connectivity index (χ0) is 10.3. The highest BCUT2D eigenvalue weighted by Crippen LogP contribution is 2.26. The summed E-state index contributed by atoms with van der Waals surface area (Å²) in [4.78, 5) is 5.08. The average Bonchev–Trinajstić information content (AvgIpc) is 2.09. The van der Waals surface area contributed by atoms with Gasteiger partial charge in [0.25, 0.3) is 0 Å². The van der Waals surface area contributed by atoms with Crippen LogP contribution in [-0.2, 0) is 0 Å². The van der Waals surface area contributed by atoms with Crippen LogP contribution in [0.1, 0.15) is 12.0 Å². The van der Waals surface area contributed by atoms with E-state index < -0.39 is 0 Å². The van der Waals surface area contributed by atoms with Crippen LogP contribution in [0.15, 0.2) is 24.3 Å². The second kappa shape index (κ2) is 3.53. The monoisotopic (exact) mass is 202 g/mol. The number of hydrogen-bond donors (Lipinski definition) is 0. The van der Waals surface area contributed by atoms with Gasteiger partial charge in [0.05, 0.1) is 0 Å². The SMILES string of the molecule is Cc1ccc(N2CC(N3CCC3)C2)cc1. The largest absolute Gasteiger partial charge is 0.368 e. The molecule has 1 aromatic rings. The molecule has 80 valence electrons. The Morgan fingerprint density at radius 2 is 1.73 bits per heavy atom. The van der Waals surface area contributed by atoms with E-state index in [0.29, 0.717) is 0 Å². The number of rotatable bonds is 2. The molecule has 0 aliphatic carbocycles. The lowest BCUT2D eigenvalue weighted by molar-refractivity contribution is 0.0977. The molecule has 0 spiro atoms. The third-order valence-corrected chi connectivity index (χ3v) is 3.67. The molecule has 0 aromatic heterocycles. The minimum Gasteiger partial charge on any atom is -0.368 e. The maximum atomic E-state index is 2.60. The summed E-state index contributed by atoms with van der Waals surface area (Å²) in [6.07, 6.45) is 1.40. The van der Waals surface area contributed by atoms with E-state index in [2.05, 4.69) is 41.0 Å². The third-order valence-electron chi connectivity index (χ3n) is 3.67. The molecule has 0 bridgehead atoms. The molecule has 2 nitrogen and oxygen atoms in total. The number of aryl methyl sites for hydroxylation is 1. The minimum absolute atomic E-state index is 0.833. The van der Waals surface area contributed by atoms with Gasteiger partial charge in [-0.15, -0.1) is 0 Å². The lowest BCUT2D eigenvalue weighted by Crippen LogP contribution is -2.62. The Morgan fingerprint density at radius 1 is 1.07 bits per heavy atom. The lowest BCUT2D eigenvalue weighted by Gasteiger charge is -2.50. The summed E-state index contributed by atoms with van der Waals surface area (Å²) in [6.45, 7) is 7.24. The Balaban J connectivity index is 1.59. The van der Waals surface area contributed by atoms with Gasteiger partial charge in [-0.25, -0.2) is 0 Å². The summed E-state index contributed by atoms with van der Waals surface area (Å²) in [5, 5.41) is 0. The van der Waals surface area contributed by atoms with Gasteiger partial charge in [0.15, 0.2) is 0 Å². The number of nitrogens with zero attached hydrogens (tertiary/aromatic N) is 2. The van der Waals surface area contributed by atoms with Crippen molar-refractivity contribution in [3.63, 3.8) is 0 Å². The number of hydrogen-bond acceptors (Lipinski definition) is 2. The molecule has 0 unspecified atom stereocenters. The van der Waals surface area contributed by atoms with Gasteiger partial charge >= 0.3 is 0 Å². The van der Waals surface area contributed by atoms with Gasteiger partial charge in [0.2, 0.25) is 0 Å². The van der Waals surface area contributed by atoms with E-state index in [1.807, 2.05) is 0 Å². The summed E-state index contributed by atoms with van der Waals surface area (Å²) >= 11 is 0. The molecular formula is C13H18N2. The molecule has 0 atom stereocenters. The van der Waals surface area contributed by atoms with Gasteiger partial charge in [-0.05, 0) is 38.6 Å². The van der Waals surface area contributed by atoms with Gasteiger partial charge < -0.3 is 4.90 Å². The van der Waals surface area contributed by atoms with Crippen LogP contribution >= 0.6 is 0 Å². The van der Waals surface area contributed by atoms with Crippen molar-refractivity contribution in [2.75, 3.05) is 31.1 Å². The van der Waals surface area contributed by atoms with Crippen LogP contribution in [0.3, 0.4) is 0 Å². The van der Waals surface area contributed by atoms with Crippen molar-refractivity contribution in [2.45, 2.75) is 19.4 Å². The van der Waals surface area contributed by atoms with Crippen molar-refractivity contribution < 1.29 is 0 Å². The highest BCUT2D eigenvalue weighted by molar-refractivity contribution is 5.50. The van der Waals surface area contributed by atoms with Crippen LogP contribution in [0, 0.1) is 6.92 Å². The number of anilines is 1. The fourth-order valence-corrected chi connectivity index (χ4v) is 2.36. The highest BCUT2D eigenvalue weighted by Gasteiger charge is 2.34. The van der Waals surface area contributed by atoms with E-state index in [-0.39, 0.29) is 0 Å². The first kappa shape index (κ1) is 9.22. The molecule has 0 amide bonds. The van der Waals surface area contributed by atoms with Crippen LogP contribution in [0.4, 0.5) is 5.69 Å². The first-order valence-corrected chi connectivity index (χ1v) is 5.88. The lowest BCUT2D eigenvalue weighted by atomic mass is 10.0. The second-order valence-corrected chi connectivity index (χ2v) is 4.78. The summed E-state index contributed by atoms with van der Waals surface area (Å²) in [7, 11) is 0. The van der Waals surface area contributed by atoms with Crippen LogP contribution in [0.5, 0.6) is 0 Å². The van der Waals surface area contributed by atoms with Crippen molar-refractivity contribution in [1.82, 2.24) is 4.90 Å². The molecular weight excluding hydrogens is 184 g/mol. The van der Waals surface area contributed by atoms with Crippen LogP contribution in [0.2, 0.25) is 0 Å². The normalized spacial score (nSPS) is 22.3. The maximum Gasteiger partial charge on any atom is 0.0446 e. The number of benzene rings is 1. The Morgan fingerprint density at radius 3 is 2.27 bits per heavy atom. The van der Waals surface area contributed by atoms with E-state index in [1.165, 1.54) is 43.9 Å². The predicted molar refractivity (Wildman–Crippen MR) is 63.4 cm³/mol.